The third kappa shape index (κ3) is 3.74. The van der Waals surface area contributed by atoms with Gasteiger partial charge in [0.15, 0.2) is 0 Å². The molecular weight excluding hydrogens is 336 g/mol. The summed E-state index contributed by atoms with van der Waals surface area (Å²) in [6, 6.07) is 9.54. The third-order valence-corrected chi connectivity index (χ3v) is 5.05. The van der Waals surface area contributed by atoms with Crippen molar-refractivity contribution in [2.75, 3.05) is 14.2 Å². The summed E-state index contributed by atoms with van der Waals surface area (Å²) in [6.07, 6.45) is 0.762. The molecule has 3 atom stereocenters. The molecule has 0 saturated carbocycles. The quantitative estimate of drug-likeness (QED) is 0.572. The van der Waals surface area contributed by atoms with Crippen LogP contribution in [0, 0.1) is 10.8 Å². The van der Waals surface area contributed by atoms with Crippen molar-refractivity contribution in [3.8, 4) is 0 Å². The largest absolute Gasteiger partial charge is 0.469 e. The van der Waals surface area contributed by atoms with Crippen molar-refractivity contribution in [2.24, 2.45) is 10.8 Å². The van der Waals surface area contributed by atoms with Crippen LogP contribution in [-0.2, 0) is 35.0 Å². The number of rotatable bonds is 6. The molecule has 1 aliphatic heterocycles. The first kappa shape index (κ1) is 19.9. The molecule has 1 aliphatic rings. The van der Waals surface area contributed by atoms with Gasteiger partial charge in [-0.25, -0.2) is 4.79 Å². The first-order valence-corrected chi connectivity index (χ1v) is 8.53. The number of cyclic esters (lactones) is 1. The molecule has 6 heteroatoms. The fourth-order valence-corrected chi connectivity index (χ4v) is 4.01. The smallest absolute Gasteiger partial charge is 0.350 e. The number of carbonyl (C=O) groups excluding carboxylic acids is 3. The summed E-state index contributed by atoms with van der Waals surface area (Å²) >= 11 is 0. The number of esters is 3. The second-order valence-electron chi connectivity index (χ2n) is 7.74. The second kappa shape index (κ2) is 7.09. The van der Waals surface area contributed by atoms with Crippen molar-refractivity contribution in [1.82, 2.24) is 0 Å². The van der Waals surface area contributed by atoms with Crippen LogP contribution in [0.5, 0.6) is 0 Å². The zero-order valence-electron chi connectivity index (χ0n) is 16.0. The Morgan fingerprint density at radius 1 is 1.15 bits per heavy atom. The number of ether oxygens (including phenoxy) is 3. The van der Waals surface area contributed by atoms with E-state index in [-0.39, 0.29) is 12.8 Å². The van der Waals surface area contributed by atoms with E-state index in [1.807, 2.05) is 30.3 Å². The van der Waals surface area contributed by atoms with Crippen molar-refractivity contribution in [3.63, 3.8) is 0 Å². The predicted molar refractivity (Wildman–Crippen MR) is 94.1 cm³/mol. The van der Waals surface area contributed by atoms with Crippen molar-refractivity contribution in [2.45, 2.75) is 45.6 Å². The molecular formula is C20H26O6. The van der Waals surface area contributed by atoms with Crippen LogP contribution in [0.2, 0.25) is 0 Å². The van der Waals surface area contributed by atoms with E-state index in [9.17, 15) is 14.4 Å². The Labute approximate surface area is 153 Å². The van der Waals surface area contributed by atoms with Crippen LogP contribution in [0.25, 0.3) is 0 Å². The molecule has 0 amide bonds. The highest BCUT2D eigenvalue weighted by atomic mass is 16.6. The Morgan fingerprint density at radius 3 is 2.31 bits per heavy atom. The molecule has 1 heterocycles. The average Bonchev–Trinajstić information content (AvgIpc) is 2.83. The van der Waals surface area contributed by atoms with E-state index in [0.717, 1.165) is 5.56 Å². The number of benzene rings is 1. The standard InChI is InChI=1S/C20H26O6/c1-18(15(21)24-4,11-14-9-7-6-8-10-14)12-19(2)13-20(3,17(23)25-5)26-16(19)22/h6-10H,11-13H2,1-5H3/t18-,19-,20+/m1/s1. The van der Waals surface area contributed by atoms with Crippen molar-refractivity contribution < 1.29 is 28.6 Å². The zero-order chi connectivity index (χ0) is 19.6. The summed E-state index contributed by atoms with van der Waals surface area (Å²) in [7, 11) is 2.59. The summed E-state index contributed by atoms with van der Waals surface area (Å²) in [4.78, 5) is 37.2. The lowest BCUT2D eigenvalue weighted by Crippen LogP contribution is -2.40. The molecule has 1 fully saturated rings. The minimum Gasteiger partial charge on any atom is -0.469 e. The van der Waals surface area contributed by atoms with Gasteiger partial charge in [0.1, 0.15) is 0 Å². The van der Waals surface area contributed by atoms with Crippen molar-refractivity contribution in [1.29, 1.82) is 0 Å². The topological polar surface area (TPSA) is 78.9 Å². The molecule has 0 aromatic heterocycles. The SMILES string of the molecule is COC(=O)[C@](C)(Cc1ccccc1)C[C@]1(C)C[C@@](C)(C(=O)OC)OC1=O. The molecule has 2 rings (SSSR count). The van der Waals surface area contributed by atoms with Crippen LogP contribution in [0.3, 0.4) is 0 Å². The average molecular weight is 362 g/mol. The molecule has 0 aliphatic carbocycles. The molecule has 1 saturated heterocycles. The molecule has 26 heavy (non-hydrogen) atoms. The van der Waals surface area contributed by atoms with Crippen molar-refractivity contribution >= 4 is 17.9 Å². The fraction of sp³-hybridized carbons (Fsp3) is 0.550. The highest BCUT2D eigenvalue weighted by molar-refractivity contribution is 5.90. The fourth-order valence-electron chi connectivity index (χ4n) is 4.01. The highest BCUT2D eigenvalue weighted by Gasteiger charge is 2.59. The van der Waals surface area contributed by atoms with Gasteiger partial charge in [0.2, 0.25) is 5.60 Å². The van der Waals surface area contributed by atoms with Gasteiger partial charge in [0.25, 0.3) is 0 Å². The number of carbonyl (C=O) groups is 3. The zero-order valence-corrected chi connectivity index (χ0v) is 16.0. The molecule has 0 spiro atoms. The minimum atomic E-state index is -1.34. The van der Waals surface area contributed by atoms with Crippen molar-refractivity contribution in [3.05, 3.63) is 35.9 Å². The molecule has 1 aromatic rings. The van der Waals surface area contributed by atoms with Crippen LogP contribution in [0.15, 0.2) is 30.3 Å². The maximum Gasteiger partial charge on any atom is 0.350 e. The molecule has 0 N–H and O–H groups in total. The van der Waals surface area contributed by atoms with Crippen LogP contribution < -0.4 is 0 Å². The molecule has 1 aromatic carbocycles. The second-order valence-corrected chi connectivity index (χ2v) is 7.74. The normalized spacial score (nSPS) is 27.3. The van der Waals surface area contributed by atoms with E-state index in [4.69, 9.17) is 14.2 Å². The minimum absolute atomic E-state index is 0.146. The van der Waals surface area contributed by atoms with Crippen LogP contribution >= 0.6 is 0 Å². The van der Waals surface area contributed by atoms with E-state index in [2.05, 4.69) is 0 Å². The summed E-state index contributed by atoms with van der Waals surface area (Å²) in [5, 5.41) is 0. The van der Waals surface area contributed by atoms with Gasteiger partial charge in [-0.2, -0.15) is 0 Å². The maximum absolute atomic E-state index is 12.6. The van der Waals surface area contributed by atoms with E-state index < -0.39 is 34.3 Å². The lowest BCUT2D eigenvalue weighted by atomic mass is 9.68. The summed E-state index contributed by atoms with van der Waals surface area (Å²) in [5.74, 6) is -1.51. The Bertz CT molecular complexity index is 700. The van der Waals surface area contributed by atoms with Gasteiger partial charge in [-0.1, -0.05) is 30.3 Å². The lowest BCUT2D eigenvalue weighted by molar-refractivity contribution is -0.171. The van der Waals surface area contributed by atoms with Crippen LogP contribution in [0.1, 0.15) is 39.2 Å². The maximum atomic E-state index is 12.6. The van der Waals surface area contributed by atoms with E-state index in [0.29, 0.717) is 6.42 Å². The van der Waals surface area contributed by atoms with Gasteiger partial charge in [-0.05, 0) is 39.2 Å². The predicted octanol–water partition coefficient (Wildman–Crippen LogP) is 2.68. The van der Waals surface area contributed by atoms with Gasteiger partial charge in [-0.3, -0.25) is 9.59 Å². The van der Waals surface area contributed by atoms with Gasteiger partial charge >= 0.3 is 17.9 Å². The number of hydrogen-bond donors (Lipinski definition) is 0. The molecule has 0 bridgehead atoms. The van der Waals surface area contributed by atoms with Gasteiger partial charge in [0, 0.05) is 6.42 Å². The van der Waals surface area contributed by atoms with E-state index >= 15 is 0 Å². The molecule has 6 nitrogen and oxygen atoms in total. The Morgan fingerprint density at radius 2 is 1.77 bits per heavy atom. The molecule has 0 radical (unpaired) electrons. The first-order chi connectivity index (χ1) is 12.1. The number of methoxy groups -OCH3 is 2. The summed E-state index contributed by atoms with van der Waals surface area (Å²) in [6.45, 7) is 5.03. The Hall–Kier alpha value is -2.37. The van der Waals surface area contributed by atoms with Gasteiger partial charge in [0.05, 0.1) is 25.0 Å². The van der Waals surface area contributed by atoms with Gasteiger partial charge < -0.3 is 14.2 Å². The first-order valence-electron chi connectivity index (χ1n) is 8.53. The van der Waals surface area contributed by atoms with Gasteiger partial charge in [-0.15, -0.1) is 0 Å². The Kier molecular flexibility index (Phi) is 5.44. The Balaban J connectivity index is 2.31. The number of hydrogen-bond acceptors (Lipinski definition) is 6. The highest BCUT2D eigenvalue weighted by Crippen LogP contribution is 2.49. The van der Waals surface area contributed by atoms with E-state index in [1.165, 1.54) is 21.1 Å². The van der Waals surface area contributed by atoms with E-state index in [1.54, 1.807) is 13.8 Å². The van der Waals surface area contributed by atoms with Crippen LogP contribution in [-0.4, -0.2) is 37.7 Å². The monoisotopic (exact) mass is 362 g/mol. The summed E-state index contributed by atoms with van der Waals surface area (Å²) < 4.78 is 15.1. The summed E-state index contributed by atoms with van der Waals surface area (Å²) in [5.41, 5.74) is -2.32. The van der Waals surface area contributed by atoms with Crippen LogP contribution in [0.4, 0.5) is 0 Å². The third-order valence-electron chi connectivity index (χ3n) is 5.05. The lowest BCUT2D eigenvalue weighted by Gasteiger charge is -2.33. The molecule has 0 unspecified atom stereocenters. The molecule has 142 valence electrons.